The van der Waals surface area contributed by atoms with Gasteiger partial charge < -0.3 is 10.2 Å². The quantitative estimate of drug-likeness (QED) is 0.854. The first-order chi connectivity index (χ1) is 7.50. The smallest absolute Gasteiger partial charge is 0.317 e. The normalized spacial score (nSPS) is 10.3. The molecule has 2 amide bonds. The Morgan fingerprint density at radius 2 is 2.19 bits per heavy atom. The molecule has 1 rings (SSSR count). The van der Waals surface area contributed by atoms with Gasteiger partial charge in [-0.3, -0.25) is 4.98 Å². The molecule has 4 heteroatoms. The molecule has 0 bridgehead atoms. The maximum absolute atomic E-state index is 11.3. The molecular formula is C12H21N3O. The zero-order chi connectivity index (χ0) is 12.1. The Kier molecular flexibility index (Phi) is 4.28. The van der Waals surface area contributed by atoms with E-state index in [-0.39, 0.29) is 7.46 Å². The van der Waals surface area contributed by atoms with Crippen LogP contribution in [-0.4, -0.2) is 30.0 Å². The molecule has 1 aromatic rings. The molecule has 0 unspecified atom stereocenters. The van der Waals surface area contributed by atoms with Crippen LogP contribution < -0.4 is 5.32 Å². The minimum absolute atomic E-state index is 0. The number of nitrogens with zero attached hydrogens (tertiary/aromatic N) is 2. The van der Waals surface area contributed by atoms with Crippen molar-refractivity contribution in [2.45, 2.75) is 26.3 Å². The molecule has 90 valence electrons. The van der Waals surface area contributed by atoms with Gasteiger partial charge in [-0.2, -0.15) is 0 Å². The maximum Gasteiger partial charge on any atom is 0.317 e. The van der Waals surface area contributed by atoms with Gasteiger partial charge in [0, 0.05) is 21.7 Å². The third kappa shape index (κ3) is 3.53. The van der Waals surface area contributed by atoms with Gasteiger partial charge in [0.1, 0.15) is 0 Å². The first kappa shape index (κ1) is 12.5. The topological polar surface area (TPSA) is 45.2 Å². The number of nitrogens with one attached hydrogen (secondary N) is 1. The molecule has 1 aromatic heterocycles. The summed E-state index contributed by atoms with van der Waals surface area (Å²) in [4.78, 5) is 17.1. The van der Waals surface area contributed by atoms with E-state index in [1.165, 1.54) is 10.5 Å². The summed E-state index contributed by atoms with van der Waals surface area (Å²) in [6.07, 6.45) is 1.86. The van der Waals surface area contributed by atoms with E-state index in [9.17, 15) is 4.79 Å². The summed E-state index contributed by atoms with van der Waals surface area (Å²) in [6, 6.07) is 3.90. The van der Waals surface area contributed by atoms with Crippen molar-refractivity contribution in [2.75, 3.05) is 14.1 Å². The van der Waals surface area contributed by atoms with Crippen molar-refractivity contribution in [1.29, 1.82) is 0 Å². The Hall–Kier alpha value is -1.58. The molecule has 0 aliphatic heterocycles. The molecule has 16 heavy (non-hydrogen) atoms. The average molecular weight is 223 g/mol. The van der Waals surface area contributed by atoms with Crippen LogP contribution in [0.25, 0.3) is 0 Å². The average Bonchev–Trinajstić information content (AvgIpc) is 2.26. The number of hydrogen-bond acceptors (Lipinski definition) is 2. The molecule has 4 nitrogen and oxygen atoms in total. The lowest BCUT2D eigenvalue weighted by Gasteiger charge is -2.12. The molecule has 1 heterocycles. The van der Waals surface area contributed by atoms with Gasteiger partial charge in [0.15, 0.2) is 0 Å². The van der Waals surface area contributed by atoms with Crippen LogP contribution >= 0.6 is 0 Å². The molecule has 0 aliphatic rings. The highest BCUT2D eigenvalue weighted by molar-refractivity contribution is 5.73. The Morgan fingerprint density at radius 3 is 2.62 bits per heavy atom. The number of rotatable bonds is 3. The number of pyridine rings is 1. The third-order valence-corrected chi connectivity index (χ3v) is 2.34. The number of carbonyl (C=O) groups excluding carboxylic acids is 1. The van der Waals surface area contributed by atoms with Gasteiger partial charge in [0.05, 0.1) is 12.2 Å². The second-order valence-corrected chi connectivity index (χ2v) is 4.29. The number of aromatic nitrogens is 1. The van der Waals surface area contributed by atoms with Crippen molar-refractivity contribution in [3.63, 3.8) is 0 Å². The van der Waals surface area contributed by atoms with Crippen molar-refractivity contribution in [3.8, 4) is 0 Å². The van der Waals surface area contributed by atoms with Crippen LogP contribution in [0.4, 0.5) is 4.79 Å². The lowest BCUT2D eigenvalue weighted by molar-refractivity contribution is 0.217. The van der Waals surface area contributed by atoms with Gasteiger partial charge in [0.25, 0.3) is 0 Å². The number of carbonyl (C=O) groups is 1. The zero-order valence-electron chi connectivity index (χ0n) is 10.3. The molecule has 0 saturated carbocycles. The van der Waals surface area contributed by atoms with Crippen LogP contribution in [0, 0.1) is 0 Å². The van der Waals surface area contributed by atoms with Crippen molar-refractivity contribution >= 4 is 6.03 Å². The minimum atomic E-state index is -0.102. The SMILES string of the molecule is CC(C)c1ccc(CNC(=O)N(C)C)nc1.[HH]. The van der Waals surface area contributed by atoms with Crippen LogP contribution in [-0.2, 0) is 6.54 Å². The minimum Gasteiger partial charge on any atom is -0.332 e. The largest absolute Gasteiger partial charge is 0.332 e. The second kappa shape index (κ2) is 5.49. The van der Waals surface area contributed by atoms with Crippen LogP contribution in [0.2, 0.25) is 0 Å². The second-order valence-electron chi connectivity index (χ2n) is 4.29. The van der Waals surface area contributed by atoms with E-state index in [1.807, 2.05) is 12.3 Å². The molecule has 1 N–H and O–H groups in total. The molecule has 0 saturated heterocycles. The molecule has 0 fully saturated rings. The highest BCUT2D eigenvalue weighted by Crippen LogP contribution is 2.12. The van der Waals surface area contributed by atoms with E-state index in [0.717, 1.165) is 5.69 Å². The molecule has 0 spiro atoms. The van der Waals surface area contributed by atoms with Crippen molar-refractivity contribution in [1.82, 2.24) is 15.2 Å². The summed E-state index contributed by atoms with van der Waals surface area (Å²) < 4.78 is 0. The van der Waals surface area contributed by atoms with Gasteiger partial charge in [-0.25, -0.2) is 4.79 Å². The number of amides is 2. The third-order valence-electron chi connectivity index (χ3n) is 2.34. The predicted octanol–water partition coefficient (Wildman–Crippen LogP) is 2.22. The fraction of sp³-hybridized carbons (Fsp3) is 0.500. The monoisotopic (exact) mass is 223 g/mol. The van der Waals surface area contributed by atoms with E-state index < -0.39 is 0 Å². The Bertz CT molecular complexity index is 349. The molecule has 0 aromatic carbocycles. The van der Waals surface area contributed by atoms with Gasteiger partial charge in [0.2, 0.25) is 0 Å². The van der Waals surface area contributed by atoms with Crippen molar-refractivity contribution in [2.24, 2.45) is 0 Å². The lowest BCUT2D eigenvalue weighted by Crippen LogP contribution is -2.34. The van der Waals surface area contributed by atoms with E-state index in [2.05, 4.69) is 30.2 Å². The summed E-state index contributed by atoms with van der Waals surface area (Å²) in [5, 5.41) is 2.77. The van der Waals surface area contributed by atoms with E-state index >= 15 is 0 Å². The number of hydrogen-bond donors (Lipinski definition) is 1. The van der Waals surface area contributed by atoms with E-state index in [0.29, 0.717) is 12.5 Å². The first-order valence-corrected chi connectivity index (χ1v) is 5.40. The summed E-state index contributed by atoms with van der Waals surface area (Å²) in [7, 11) is 3.43. The van der Waals surface area contributed by atoms with Crippen LogP contribution in [0.15, 0.2) is 18.3 Å². The predicted molar refractivity (Wildman–Crippen MR) is 66.4 cm³/mol. The standard InChI is InChI=1S/C12H19N3O.H2/c1-9(2)10-5-6-11(13-7-10)8-14-12(16)15(3)4;/h5-7,9H,8H2,1-4H3,(H,14,16);1H. The van der Waals surface area contributed by atoms with Gasteiger partial charge in [-0.15, -0.1) is 0 Å². The fourth-order valence-electron chi connectivity index (χ4n) is 1.21. The van der Waals surface area contributed by atoms with Gasteiger partial charge in [-0.1, -0.05) is 19.9 Å². The van der Waals surface area contributed by atoms with Crippen LogP contribution in [0.3, 0.4) is 0 Å². The Morgan fingerprint density at radius 1 is 1.50 bits per heavy atom. The first-order valence-electron chi connectivity index (χ1n) is 5.40. The zero-order valence-corrected chi connectivity index (χ0v) is 10.3. The highest BCUT2D eigenvalue weighted by Gasteiger charge is 2.04. The molecule has 0 aliphatic carbocycles. The Balaban J connectivity index is 0.00000256. The van der Waals surface area contributed by atoms with E-state index in [4.69, 9.17) is 0 Å². The molecule has 0 atom stereocenters. The van der Waals surface area contributed by atoms with E-state index in [1.54, 1.807) is 14.1 Å². The Labute approximate surface area is 98.2 Å². The van der Waals surface area contributed by atoms with Gasteiger partial charge >= 0.3 is 6.03 Å². The maximum atomic E-state index is 11.3. The number of urea groups is 1. The van der Waals surface area contributed by atoms with Gasteiger partial charge in [-0.05, 0) is 17.5 Å². The lowest BCUT2D eigenvalue weighted by atomic mass is 10.1. The van der Waals surface area contributed by atoms with Crippen LogP contribution in [0.1, 0.15) is 32.4 Å². The summed E-state index contributed by atoms with van der Waals surface area (Å²) in [6.45, 7) is 4.73. The van der Waals surface area contributed by atoms with Crippen LogP contribution in [0.5, 0.6) is 0 Å². The summed E-state index contributed by atoms with van der Waals surface area (Å²) in [5.74, 6) is 0.484. The molecular weight excluding hydrogens is 202 g/mol. The fourth-order valence-corrected chi connectivity index (χ4v) is 1.21. The summed E-state index contributed by atoms with van der Waals surface area (Å²) >= 11 is 0. The summed E-state index contributed by atoms with van der Waals surface area (Å²) in [5.41, 5.74) is 2.09. The highest BCUT2D eigenvalue weighted by atomic mass is 16.2. The molecule has 0 radical (unpaired) electrons. The van der Waals surface area contributed by atoms with Crippen molar-refractivity contribution < 1.29 is 6.22 Å². The van der Waals surface area contributed by atoms with Crippen molar-refractivity contribution in [3.05, 3.63) is 29.6 Å².